The van der Waals surface area contributed by atoms with Gasteiger partial charge in [-0.2, -0.15) is 0 Å². The summed E-state index contributed by atoms with van der Waals surface area (Å²) in [5.74, 6) is 0.646. The summed E-state index contributed by atoms with van der Waals surface area (Å²) < 4.78 is 0. The van der Waals surface area contributed by atoms with Gasteiger partial charge in [0.1, 0.15) is 0 Å². The van der Waals surface area contributed by atoms with Crippen molar-refractivity contribution in [3.8, 4) is 0 Å². The van der Waals surface area contributed by atoms with Crippen LogP contribution in [0.4, 0.5) is 0 Å². The molecule has 0 fully saturated rings. The van der Waals surface area contributed by atoms with Gasteiger partial charge in [-0.15, -0.1) is 20.8 Å². The van der Waals surface area contributed by atoms with E-state index in [9.17, 15) is 0 Å². The third-order valence-corrected chi connectivity index (χ3v) is 4.21. The van der Waals surface area contributed by atoms with E-state index in [1.54, 1.807) is 0 Å². The molecule has 2 aromatic carbocycles. The Labute approximate surface area is 110 Å². The molecule has 0 aromatic heterocycles. The van der Waals surface area contributed by atoms with Crippen molar-refractivity contribution in [2.75, 3.05) is 5.88 Å². The quantitative estimate of drug-likeness (QED) is 0.565. The van der Waals surface area contributed by atoms with Gasteiger partial charge in [-0.3, -0.25) is 0 Å². The normalized spacial score (nSPS) is 11.4. The van der Waals surface area contributed by atoms with Crippen LogP contribution in [-0.2, 0) is 5.16 Å². The summed E-state index contributed by atoms with van der Waals surface area (Å²) in [6.45, 7) is 0. The van der Waals surface area contributed by atoms with Gasteiger partial charge in [-0.05, 0) is 17.5 Å². The first-order valence-corrected chi connectivity index (χ1v) is 6.84. The van der Waals surface area contributed by atoms with E-state index >= 15 is 0 Å². The van der Waals surface area contributed by atoms with Gasteiger partial charge in [0, 0.05) is 11.0 Å². The van der Waals surface area contributed by atoms with E-state index in [2.05, 4.69) is 57.8 Å². The SMILES string of the molecule is PC(CCCl)(c1ccccc1)c1ccccc1. The summed E-state index contributed by atoms with van der Waals surface area (Å²) in [7, 11) is 2.98. The maximum atomic E-state index is 5.97. The van der Waals surface area contributed by atoms with Crippen LogP contribution in [-0.4, -0.2) is 5.88 Å². The third-order valence-electron chi connectivity index (χ3n) is 3.07. The van der Waals surface area contributed by atoms with Gasteiger partial charge in [0.15, 0.2) is 0 Å². The minimum Gasteiger partial charge on any atom is -0.127 e. The van der Waals surface area contributed by atoms with Gasteiger partial charge in [0.05, 0.1) is 0 Å². The van der Waals surface area contributed by atoms with Crippen molar-refractivity contribution in [1.29, 1.82) is 0 Å². The summed E-state index contributed by atoms with van der Waals surface area (Å²) in [6, 6.07) is 21.0. The molecule has 0 aliphatic rings. The highest BCUT2D eigenvalue weighted by molar-refractivity contribution is 7.19. The lowest BCUT2D eigenvalue weighted by atomic mass is 9.88. The highest BCUT2D eigenvalue weighted by Crippen LogP contribution is 2.41. The van der Waals surface area contributed by atoms with Crippen molar-refractivity contribution in [2.24, 2.45) is 0 Å². The molecule has 1 atom stereocenters. The Balaban J connectivity index is 2.47. The highest BCUT2D eigenvalue weighted by atomic mass is 35.5. The molecule has 0 radical (unpaired) electrons. The van der Waals surface area contributed by atoms with E-state index in [1.165, 1.54) is 11.1 Å². The van der Waals surface area contributed by atoms with Crippen LogP contribution in [0.1, 0.15) is 17.5 Å². The fourth-order valence-corrected chi connectivity index (χ4v) is 3.09. The van der Waals surface area contributed by atoms with Crippen LogP contribution >= 0.6 is 20.8 Å². The molecule has 1 unspecified atom stereocenters. The molecule has 0 nitrogen and oxygen atoms in total. The van der Waals surface area contributed by atoms with Crippen LogP contribution in [0, 0.1) is 0 Å². The van der Waals surface area contributed by atoms with Crippen molar-refractivity contribution in [2.45, 2.75) is 11.6 Å². The van der Waals surface area contributed by atoms with Gasteiger partial charge in [0.2, 0.25) is 0 Å². The van der Waals surface area contributed by atoms with Crippen molar-refractivity contribution in [3.05, 3.63) is 71.8 Å². The minimum atomic E-state index is -0.0791. The van der Waals surface area contributed by atoms with E-state index < -0.39 is 0 Å². The summed E-state index contributed by atoms with van der Waals surface area (Å²) in [6.07, 6.45) is 0.910. The maximum absolute atomic E-state index is 5.97. The van der Waals surface area contributed by atoms with Gasteiger partial charge >= 0.3 is 0 Å². The molecule has 0 amide bonds. The molecule has 2 rings (SSSR count). The molecular formula is C15H16ClP. The first kappa shape index (κ1) is 12.6. The molecular weight excluding hydrogens is 247 g/mol. The van der Waals surface area contributed by atoms with E-state index in [0.717, 1.165) is 6.42 Å². The average Bonchev–Trinajstić information content (AvgIpc) is 2.41. The summed E-state index contributed by atoms with van der Waals surface area (Å²) >= 11 is 5.97. The van der Waals surface area contributed by atoms with Crippen LogP contribution < -0.4 is 0 Å². The molecule has 0 saturated carbocycles. The van der Waals surface area contributed by atoms with Gasteiger partial charge < -0.3 is 0 Å². The van der Waals surface area contributed by atoms with Crippen molar-refractivity contribution >= 4 is 20.8 Å². The lowest BCUT2D eigenvalue weighted by molar-refractivity contribution is 0.714. The maximum Gasteiger partial charge on any atom is 0.0355 e. The average molecular weight is 263 g/mol. The smallest absolute Gasteiger partial charge is 0.0355 e. The van der Waals surface area contributed by atoms with Crippen LogP contribution in [0.5, 0.6) is 0 Å². The van der Waals surface area contributed by atoms with Crippen LogP contribution in [0.25, 0.3) is 0 Å². The van der Waals surface area contributed by atoms with Gasteiger partial charge in [0.25, 0.3) is 0 Å². The first-order chi connectivity index (χ1) is 8.27. The monoisotopic (exact) mass is 262 g/mol. The van der Waals surface area contributed by atoms with Gasteiger partial charge in [-0.1, -0.05) is 60.7 Å². The zero-order chi connectivity index (χ0) is 12.1. The van der Waals surface area contributed by atoms with E-state index in [0.29, 0.717) is 5.88 Å². The molecule has 0 saturated heterocycles. The Morgan fingerprint density at radius 1 is 0.824 bits per heavy atom. The summed E-state index contributed by atoms with van der Waals surface area (Å²) in [4.78, 5) is 0. The number of hydrogen-bond acceptors (Lipinski definition) is 0. The van der Waals surface area contributed by atoms with Crippen molar-refractivity contribution in [1.82, 2.24) is 0 Å². The predicted molar refractivity (Wildman–Crippen MR) is 78.7 cm³/mol. The molecule has 0 bridgehead atoms. The molecule has 0 heterocycles. The second kappa shape index (κ2) is 5.67. The second-order valence-corrected chi connectivity index (χ2v) is 5.51. The number of hydrogen-bond donors (Lipinski definition) is 0. The minimum absolute atomic E-state index is 0.0791. The first-order valence-electron chi connectivity index (χ1n) is 5.73. The topological polar surface area (TPSA) is 0 Å². The number of alkyl halides is 1. The fourth-order valence-electron chi connectivity index (χ4n) is 2.08. The Hall–Kier alpha value is -0.840. The lowest BCUT2D eigenvalue weighted by Gasteiger charge is -2.30. The van der Waals surface area contributed by atoms with E-state index in [4.69, 9.17) is 11.6 Å². The molecule has 0 aliphatic heterocycles. The largest absolute Gasteiger partial charge is 0.127 e. The fraction of sp³-hybridized carbons (Fsp3) is 0.200. The van der Waals surface area contributed by atoms with Crippen LogP contribution in [0.3, 0.4) is 0 Å². The standard InChI is InChI=1S/C15H16ClP/c16-12-11-15(17,13-7-3-1-4-8-13)14-9-5-2-6-10-14/h1-10H,11-12,17H2. The number of rotatable bonds is 4. The van der Waals surface area contributed by atoms with Crippen molar-refractivity contribution < 1.29 is 0 Å². The summed E-state index contributed by atoms with van der Waals surface area (Å²) in [5.41, 5.74) is 2.58. The van der Waals surface area contributed by atoms with E-state index in [-0.39, 0.29) is 5.16 Å². The second-order valence-electron chi connectivity index (χ2n) is 4.14. The predicted octanol–water partition coefficient (Wildman–Crippen LogP) is 4.43. The zero-order valence-electron chi connectivity index (χ0n) is 9.64. The molecule has 2 aromatic rings. The molecule has 17 heavy (non-hydrogen) atoms. The molecule has 0 aliphatic carbocycles. The van der Waals surface area contributed by atoms with E-state index in [1.807, 2.05) is 12.1 Å². The van der Waals surface area contributed by atoms with Crippen molar-refractivity contribution in [3.63, 3.8) is 0 Å². The number of benzene rings is 2. The van der Waals surface area contributed by atoms with Gasteiger partial charge in [-0.25, -0.2) is 0 Å². The Bertz CT molecular complexity index is 413. The zero-order valence-corrected chi connectivity index (χ0v) is 11.6. The lowest BCUT2D eigenvalue weighted by Crippen LogP contribution is -2.20. The molecule has 0 N–H and O–H groups in total. The Morgan fingerprint density at radius 3 is 1.59 bits per heavy atom. The Morgan fingerprint density at radius 2 is 1.24 bits per heavy atom. The molecule has 0 spiro atoms. The Kier molecular flexibility index (Phi) is 4.20. The highest BCUT2D eigenvalue weighted by Gasteiger charge is 2.27. The van der Waals surface area contributed by atoms with Crippen LogP contribution in [0.2, 0.25) is 0 Å². The van der Waals surface area contributed by atoms with Crippen LogP contribution in [0.15, 0.2) is 60.7 Å². The number of halogens is 1. The molecule has 2 heteroatoms. The summed E-state index contributed by atoms with van der Waals surface area (Å²) in [5, 5.41) is -0.0791. The third kappa shape index (κ3) is 2.70. The molecule has 88 valence electrons.